The second-order valence-corrected chi connectivity index (χ2v) is 23.1. The first kappa shape index (κ1) is 19.6. The van der Waals surface area contributed by atoms with E-state index in [-0.39, 0.29) is 0 Å². The van der Waals surface area contributed by atoms with Gasteiger partial charge in [0.15, 0.2) is 0 Å². The molecule has 4 aromatic carbocycles. The predicted octanol–water partition coefficient (Wildman–Crippen LogP) is 5.24. The summed E-state index contributed by atoms with van der Waals surface area (Å²) in [5, 5.41) is 0.851. The van der Waals surface area contributed by atoms with Gasteiger partial charge in [-0.1, -0.05) is 0 Å². The van der Waals surface area contributed by atoms with E-state index in [1.54, 1.807) is 0 Å². The maximum absolute atomic E-state index is 6.50. The summed E-state index contributed by atoms with van der Waals surface area (Å²) in [4.78, 5) is 0. The molecule has 4 rings (SSSR count). The standard InChI is InChI=1S/C7H7ClS.3C6H5.Sn/c8-7-4-2-1-3-6(7)5-9;3*1-2-4-6-5-3-1;/h1-4,9H,5H2;3*1-5H;/q;;;;+1/p-1. The Morgan fingerprint density at radius 1 is 0.536 bits per heavy atom. The molecule has 3 heteroatoms. The third-order valence-corrected chi connectivity index (χ3v) is 25.7. The number of hydrogen-bond acceptors (Lipinski definition) is 1. The van der Waals surface area contributed by atoms with Crippen LogP contribution in [0.2, 0.25) is 5.02 Å². The van der Waals surface area contributed by atoms with Gasteiger partial charge in [0.05, 0.1) is 0 Å². The van der Waals surface area contributed by atoms with Crippen LogP contribution in [0.25, 0.3) is 0 Å². The molecule has 4 aromatic rings. The molecule has 0 N–H and O–H groups in total. The van der Waals surface area contributed by atoms with Crippen molar-refractivity contribution < 1.29 is 0 Å². The molecule has 0 amide bonds. The molecule has 0 aliphatic heterocycles. The Kier molecular flexibility index (Phi) is 6.46. The number of hydrogen-bond donors (Lipinski definition) is 0. The predicted molar refractivity (Wildman–Crippen MR) is 127 cm³/mol. The Hall–Kier alpha value is -1.68. The molecule has 138 valence electrons. The van der Waals surface area contributed by atoms with Gasteiger partial charge in [-0.15, -0.1) is 0 Å². The van der Waals surface area contributed by atoms with Crippen LogP contribution in [0, 0.1) is 0 Å². The molecule has 0 saturated heterocycles. The van der Waals surface area contributed by atoms with Crippen molar-refractivity contribution in [3.05, 3.63) is 126 Å². The minimum absolute atomic E-state index is 0.851. The molecule has 0 radical (unpaired) electrons. The van der Waals surface area contributed by atoms with Gasteiger partial charge in [0.2, 0.25) is 0 Å². The van der Waals surface area contributed by atoms with Gasteiger partial charge in [-0.05, 0) is 0 Å². The van der Waals surface area contributed by atoms with Crippen LogP contribution in [0.3, 0.4) is 0 Å². The van der Waals surface area contributed by atoms with Crippen LogP contribution in [-0.4, -0.2) is 17.0 Å². The molecule has 28 heavy (non-hydrogen) atoms. The fraction of sp³-hybridized carbons (Fsp3) is 0.0400. The Balaban J connectivity index is 1.89. The van der Waals surface area contributed by atoms with Crippen molar-refractivity contribution in [3.63, 3.8) is 0 Å². The van der Waals surface area contributed by atoms with Crippen LogP contribution in [0.5, 0.6) is 0 Å². The average molecular weight is 508 g/mol. The zero-order valence-electron chi connectivity index (χ0n) is 15.5. The maximum atomic E-state index is 6.50. The Labute approximate surface area is 178 Å². The molecule has 0 aliphatic rings. The molecule has 0 unspecified atom stereocenters. The normalized spacial score (nSPS) is 11.3. The van der Waals surface area contributed by atoms with Crippen LogP contribution in [0.4, 0.5) is 0 Å². The van der Waals surface area contributed by atoms with Crippen molar-refractivity contribution in [3.8, 4) is 0 Å². The molecule has 0 heterocycles. The van der Waals surface area contributed by atoms with Crippen molar-refractivity contribution >= 4 is 48.3 Å². The number of halogens is 1. The van der Waals surface area contributed by atoms with E-state index >= 15 is 0 Å². The van der Waals surface area contributed by atoms with E-state index in [2.05, 4.69) is 112 Å². The van der Waals surface area contributed by atoms with E-state index in [0.717, 1.165) is 10.8 Å². The molecule has 0 nitrogen and oxygen atoms in total. The summed E-state index contributed by atoms with van der Waals surface area (Å²) in [6.45, 7) is 0. The van der Waals surface area contributed by atoms with Crippen LogP contribution in [-0.2, 0) is 5.75 Å². The Morgan fingerprint density at radius 3 is 1.36 bits per heavy atom. The Bertz CT molecular complexity index is 923. The third kappa shape index (κ3) is 4.02. The van der Waals surface area contributed by atoms with E-state index in [1.165, 1.54) is 16.3 Å². The molecular formula is C25H21ClSSn. The molecule has 0 aliphatic carbocycles. The van der Waals surface area contributed by atoms with Gasteiger partial charge < -0.3 is 0 Å². The van der Waals surface area contributed by atoms with Gasteiger partial charge >= 0.3 is 180 Å². The summed E-state index contributed by atoms with van der Waals surface area (Å²) in [5.41, 5.74) is 1.21. The van der Waals surface area contributed by atoms with Crippen molar-refractivity contribution in [1.82, 2.24) is 0 Å². The van der Waals surface area contributed by atoms with E-state index < -0.39 is 17.0 Å². The van der Waals surface area contributed by atoms with Crippen LogP contribution in [0.1, 0.15) is 5.56 Å². The molecule has 0 atom stereocenters. The molecule has 0 spiro atoms. The van der Waals surface area contributed by atoms with E-state index in [4.69, 9.17) is 11.6 Å². The SMILES string of the molecule is Clc1ccccc1C[S][Sn]([c]1ccccc1)([c]1ccccc1)[c]1ccccc1. The molecular weight excluding hydrogens is 487 g/mol. The zero-order chi connectivity index (χ0) is 19.2. The average Bonchev–Trinajstić information content (AvgIpc) is 2.78. The first-order valence-corrected chi connectivity index (χ1v) is 18.5. The Morgan fingerprint density at radius 2 is 0.929 bits per heavy atom. The summed E-state index contributed by atoms with van der Waals surface area (Å²) in [6, 6.07) is 41.4. The summed E-state index contributed by atoms with van der Waals surface area (Å²) in [5.74, 6) is 0.911. The first-order valence-electron chi connectivity index (χ1n) is 9.34. The monoisotopic (exact) mass is 508 g/mol. The van der Waals surface area contributed by atoms with Crippen LogP contribution in [0.15, 0.2) is 115 Å². The fourth-order valence-electron chi connectivity index (χ4n) is 3.57. The second kappa shape index (κ2) is 9.21. The fourth-order valence-corrected chi connectivity index (χ4v) is 23.7. The van der Waals surface area contributed by atoms with Crippen LogP contribution >= 0.6 is 20.5 Å². The molecule has 0 aromatic heterocycles. The van der Waals surface area contributed by atoms with Crippen molar-refractivity contribution in [2.24, 2.45) is 0 Å². The second-order valence-electron chi connectivity index (χ2n) is 6.66. The van der Waals surface area contributed by atoms with Crippen LogP contribution < -0.4 is 10.7 Å². The summed E-state index contributed by atoms with van der Waals surface area (Å²) >= 11 is 3.23. The molecule has 0 bridgehead atoms. The summed E-state index contributed by atoms with van der Waals surface area (Å²) in [7, 11) is 2.12. The minimum atomic E-state index is -3.27. The van der Waals surface area contributed by atoms with E-state index in [9.17, 15) is 0 Å². The molecule has 0 saturated carbocycles. The van der Waals surface area contributed by atoms with Gasteiger partial charge in [-0.25, -0.2) is 0 Å². The zero-order valence-corrected chi connectivity index (χ0v) is 19.9. The van der Waals surface area contributed by atoms with Gasteiger partial charge in [0, 0.05) is 0 Å². The van der Waals surface area contributed by atoms with E-state index in [0.29, 0.717) is 0 Å². The first-order chi connectivity index (χ1) is 13.8. The van der Waals surface area contributed by atoms with Gasteiger partial charge in [-0.3, -0.25) is 0 Å². The topological polar surface area (TPSA) is 0 Å². The quantitative estimate of drug-likeness (QED) is 0.322. The van der Waals surface area contributed by atoms with Gasteiger partial charge in [-0.2, -0.15) is 0 Å². The van der Waals surface area contributed by atoms with Gasteiger partial charge in [0.25, 0.3) is 0 Å². The molecule has 0 fully saturated rings. The number of rotatable bonds is 6. The van der Waals surface area contributed by atoms with Crippen molar-refractivity contribution in [2.75, 3.05) is 0 Å². The van der Waals surface area contributed by atoms with Gasteiger partial charge in [0.1, 0.15) is 0 Å². The van der Waals surface area contributed by atoms with E-state index in [1.807, 2.05) is 12.1 Å². The summed E-state index contributed by atoms with van der Waals surface area (Å²) in [6.07, 6.45) is 0. The number of benzene rings is 4. The third-order valence-electron chi connectivity index (χ3n) is 4.94. The van der Waals surface area contributed by atoms with Crippen molar-refractivity contribution in [1.29, 1.82) is 0 Å². The van der Waals surface area contributed by atoms with Crippen molar-refractivity contribution in [2.45, 2.75) is 5.75 Å². The summed E-state index contributed by atoms with van der Waals surface area (Å²) < 4.78 is 4.43.